The van der Waals surface area contributed by atoms with Crippen LogP contribution in [-0.4, -0.2) is 54.0 Å². The topological polar surface area (TPSA) is 44.9 Å². The number of rotatable bonds is 4. The Balaban J connectivity index is 2.02. The molecule has 7 heteroatoms. The van der Waals surface area contributed by atoms with Crippen molar-refractivity contribution in [3.63, 3.8) is 0 Å². The Kier molecular flexibility index (Phi) is 6.80. The van der Waals surface area contributed by atoms with Gasteiger partial charge in [-0.25, -0.2) is 9.38 Å². The minimum absolute atomic E-state index is 0.199. The van der Waals surface area contributed by atoms with Gasteiger partial charge in [0, 0.05) is 32.6 Å². The molecule has 0 unspecified atom stereocenters. The van der Waals surface area contributed by atoms with Crippen LogP contribution in [0.25, 0.3) is 0 Å². The lowest BCUT2D eigenvalue weighted by Crippen LogP contribution is -2.44. The Morgan fingerprint density at radius 2 is 2.04 bits per heavy atom. The number of piperazine rings is 1. The summed E-state index contributed by atoms with van der Waals surface area (Å²) in [5.41, 5.74) is 7.23. The molecule has 2 rings (SSSR count). The zero-order valence-electron chi connectivity index (χ0n) is 13.6. The van der Waals surface area contributed by atoms with Crippen molar-refractivity contribution in [3.8, 4) is 0 Å². The summed E-state index contributed by atoms with van der Waals surface area (Å²) >= 11 is 6.67. The van der Waals surface area contributed by atoms with Crippen molar-refractivity contribution in [3.05, 3.63) is 29.6 Å². The molecule has 1 aliphatic rings. The number of nitrogens with zero attached hydrogens (tertiary/aromatic N) is 3. The molecule has 0 aromatic heterocycles. The fourth-order valence-electron chi connectivity index (χ4n) is 2.48. The van der Waals surface area contributed by atoms with E-state index in [-0.39, 0.29) is 5.82 Å². The molecule has 1 fully saturated rings. The number of amidine groups is 1. The Bertz CT molecular complexity index is 583. The zero-order valence-corrected chi connectivity index (χ0v) is 15.2. The number of hydrogen-bond donors (Lipinski definition) is 1. The van der Waals surface area contributed by atoms with Crippen LogP contribution < -0.4 is 10.6 Å². The Morgan fingerprint density at radius 3 is 2.65 bits per heavy atom. The maximum Gasteiger partial charge on any atom is 0.159 e. The van der Waals surface area contributed by atoms with Gasteiger partial charge in [0.1, 0.15) is 10.8 Å². The van der Waals surface area contributed by atoms with Crippen molar-refractivity contribution >= 4 is 39.8 Å². The Labute approximate surface area is 146 Å². The molecule has 0 atom stereocenters. The zero-order chi connectivity index (χ0) is 16.8. The van der Waals surface area contributed by atoms with Crippen molar-refractivity contribution in [1.82, 2.24) is 4.90 Å². The summed E-state index contributed by atoms with van der Waals surface area (Å²) < 4.78 is 14.4. The number of aliphatic imine (C=N–C) groups is 1. The summed E-state index contributed by atoms with van der Waals surface area (Å²) in [4.78, 5) is 8.98. The molecule has 0 saturated carbocycles. The molecule has 0 aliphatic carbocycles. The molecule has 1 aromatic rings. The quantitative estimate of drug-likeness (QED) is 0.511. The van der Waals surface area contributed by atoms with Crippen LogP contribution in [0, 0.1) is 5.82 Å². The van der Waals surface area contributed by atoms with E-state index in [2.05, 4.69) is 21.8 Å². The van der Waals surface area contributed by atoms with Gasteiger partial charge in [0.05, 0.1) is 5.69 Å². The van der Waals surface area contributed by atoms with Gasteiger partial charge >= 0.3 is 0 Å². The van der Waals surface area contributed by atoms with Crippen LogP contribution in [0.4, 0.5) is 10.1 Å². The first-order chi connectivity index (χ1) is 11.0. The molecule has 2 N–H and O–H groups in total. The lowest BCUT2D eigenvalue weighted by molar-refractivity contribution is 0.311. The van der Waals surface area contributed by atoms with Gasteiger partial charge in [-0.05, 0) is 30.5 Å². The highest BCUT2D eigenvalue weighted by Crippen LogP contribution is 2.22. The number of likely N-dealkylation sites (N-methyl/N-ethyl adjacent to an activating group) is 1. The smallest absolute Gasteiger partial charge is 0.159 e. The normalized spacial score (nSPS) is 16.7. The molecule has 1 aromatic carbocycles. The van der Waals surface area contributed by atoms with Crippen molar-refractivity contribution < 1.29 is 4.39 Å². The average Bonchev–Trinajstić information content (AvgIpc) is 2.48. The van der Waals surface area contributed by atoms with Crippen LogP contribution >= 0.6 is 24.0 Å². The van der Waals surface area contributed by atoms with Crippen LogP contribution in [0.1, 0.15) is 12.5 Å². The lowest BCUT2D eigenvalue weighted by Gasteiger charge is -2.34. The molecule has 0 radical (unpaired) electrons. The van der Waals surface area contributed by atoms with E-state index in [0.717, 1.165) is 37.5 Å². The van der Waals surface area contributed by atoms with Crippen LogP contribution in [-0.2, 0) is 6.42 Å². The fraction of sp³-hybridized carbons (Fsp3) is 0.500. The van der Waals surface area contributed by atoms with E-state index < -0.39 is 0 Å². The predicted octanol–water partition coefficient (Wildman–Crippen LogP) is 2.52. The second-order valence-electron chi connectivity index (χ2n) is 5.53. The van der Waals surface area contributed by atoms with Crippen LogP contribution in [0.5, 0.6) is 0 Å². The highest BCUT2D eigenvalue weighted by Gasteiger charge is 2.17. The molecule has 0 spiro atoms. The van der Waals surface area contributed by atoms with Crippen LogP contribution in [0.2, 0.25) is 0 Å². The number of thioether (sulfide) groups is 1. The van der Waals surface area contributed by atoms with E-state index in [1.54, 1.807) is 6.07 Å². The van der Waals surface area contributed by atoms with Gasteiger partial charge in [0.15, 0.2) is 5.17 Å². The maximum absolute atomic E-state index is 14.4. The molecule has 126 valence electrons. The van der Waals surface area contributed by atoms with Crippen LogP contribution in [0.3, 0.4) is 0 Å². The van der Waals surface area contributed by atoms with Gasteiger partial charge in [-0.15, -0.1) is 0 Å². The van der Waals surface area contributed by atoms with Gasteiger partial charge in [0.25, 0.3) is 0 Å². The van der Waals surface area contributed by atoms with Gasteiger partial charge in [-0.3, -0.25) is 0 Å². The summed E-state index contributed by atoms with van der Waals surface area (Å²) in [6, 6.07) is 5.31. The average molecular weight is 355 g/mol. The van der Waals surface area contributed by atoms with Gasteiger partial charge in [0.2, 0.25) is 0 Å². The van der Waals surface area contributed by atoms with Gasteiger partial charge in [-0.2, -0.15) is 0 Å². The number of halogens is 1. The first-order valence-electron chi connectivity index (χ1n) is 7.71. The summed E-state index contributed by atoms with van der Waals surface area (Å²) in [5, 5.41) is 0.465. The summed E-state index contributed by atoms with van der Waals surface area (Å²) in [6.07, 6.45) is 0.431. The molecule has 0 amide bonds. The van der Waals surface area contributed by atoms with Crippen molar-refractivity contribution in [2.75, 3.05) is 43.9 Å². The minimum Gasteiger partial charge on any atom is -0.378 e. The number of hydrogen-bond acceptors (Lipinski definition) is 4. The molecule has 23 heavy (non-hydrogen) atoms. The molecule has 1 aliphatic heterocycles. The second-order valence-corrected chi connectivity index (χ2v) is 7.29. The molecule has 1 heterocycles. The van der Waals surface area contributed by atoms with Crippen molar-refractivity contribution in [2.24, 2.45) is 10.7 Å². The maximum atomic E-state index is 14.4. The number of nitrogens with two attached hydrogens (primary N) is 1. The Hall–Kier alpha value is -1.18. The van der Waals surface area contributed by atoms with Crippen molar-refractivity contribution in [2.45, 2.75) is 13.3 Å². The first-order valence-corrected chi connectivity index (χ1v) is 9.10. The highest BCUT2D eigenvalue weighted by atomic mass is 32.2. The summed E-state index contributed by atoms with van der Waals surface area (Å²) in [5.74, 6) is 0.654. The first kappa shape index (κ1) is 18.2. The third-order valence-electron chi connectivity index (χ3n) is 3.74. The monoisotopic (exact) mass is 354 g/mol. The number of benzene rings is 1. The third-order valence-corrected chi connectivity index (χ3v) is 4.65. The predicted molar refractivity (Wildman–Crippen MR) is 102 cm³/mol. The largest absolute Gasteiger partial charge is 0.378 e. The van der Waals surface area contributed by atoms with E-state index in [1.165, 1.54) is 11.8 Å². The molecular weight excluding hydrogens is 331 g/mol. The molecule has 0 bridgehead atoms. The third kappa shape index (κ3) is 5.44. The van der Waals surface area contributed by atoms with Crippen molar-refractivity contribution in [1.29, 1.82) is 0 Å². The van der Waals surface area contributed by atoms with Gasteiger partial charge in [-0.1, -0.05) is 37.0 Å². The van der Waals surface area contributed by atoms with E-state index in [4.69, 9.17) is 18.0 Å². The minimum atomic E-state index is -0.199. The second kappa shape index (κ2) is 8.61. The van der Waals surface area contributed by atoms with Gasteiger partial charge < -0.3 is 15.5 Å². The van der Waals surface area contributed by atoms with E-state index >= 15 is 0 Å². The SMILES string of the molecule is CCSC(N)=NC(=S)Cc1ccc(N2CCN(C)CC2)c(F)c1. The van der Waals surface area contributed by atoms with E-state index in [1.807, 2.05) is 19.1 Å². The molecule has 4 nitrogen and oxygen atoms in total. The molecular formula is C16H23FN4S2. The van der Waals surface area contributed by atoms with E-state index in [9.17, 15) is 4.39 Å². The summed E-state index contributed by atoms with van der Waals surface area (Å²) in [6.45, 7) is 5.60. The highest BCUT2D eigenvalue weighted by molar-refractivity contribution is 8.13. The van der Waals surface area contributed by atoms with Crippen LogP contribution in [0.15, 0.2) is 23.2 Å². The standard InChI is InChI=1S/C16H23FN4S2/c1-3-23-16(18)19-15(22)11-12-4-5-14(13(17)10-12)21-8-6-20(2)7-9-21/h4-5,10H,3,6-9,11H2,1-2H3,(H2,18,19,22). The fourth-order valence-corrected chi connectivity index (χ4v) is 3.27. The lowest BCUT2D eigenvalue weighted by atomic mass is 10.1. The summed E-state index contributed by atoms with van der Waals surface area (Å²) in [7, 11) is 2.08. The number of thiocarbonyl (C=S) groups is 1. The number of anilines is 1. The molecule has 1 saturated heterocycles. The Morgan fingerprint density at radius 1 is 1.35 bits per heavy atom. The van der Waals surface area contributed by atoms with E-state index in [0.29, 0.717) is 22.3 Å².